The molecule has 0 aromatic heterocycles. The van der Waals surface area contributed by atoms with Crippen LogP contribution in [-0.4, -0.2) is 19.2 Å². The zero-order valence-corrected chi connectivity index (χ0v) is 9.96. The zero-order valence-electron chi connectivity index (χ0n) is 9.96. The Balaban J connectivity index is 3.88. The fourth-order valence-corrected chi connectivity index (χ4v) is 1.52. The Labute approximate surface area is 87.2 Å². The van der Waals surface area contributed by atoms with Gasteiger partial charge in [-0.2, -0.15) is 0 Å². The molecule has 0 aromatic carbocycles. The topological polar surface area (TPSA) is 38.3 Å². The third-order valence-electron chi connectivity index (χ3n) is 2.44. The molecule has 0 bridgehead atoms. The van der Waals surface area contributed by atoms with E-state index >= 15 is 0 Å². The Bertz CT molecular complexity index is 159. The normalized spacial score (nSPS) is 11.1. The van der Waals surface area contributed by atoms with E-state index in [4.69, 9.17) is 4.74 Å². The third-order valence-corrected chi connectivity index (χ3v) is 2.44. The molecule has 0 aliphatic carbocycles. The Morgan fingerprint density at radius 2 is 1.71 bits per heavy atom. The van der Waals surface area contributed by atoms with Crippen LogP contribution in [0.5, 0.6) is 0 Å². The van der Waals surface area contributed by atoms with E-state index in [1.165, 1.54) is 0 Å². The van der Waals surface area contributed by atoms with E-state index in [1.807, 2.05) is 6.92 Å². The molecule has 0 aliphatic heterocycles. The number of ether oxygens (including phenoxy) is 1. The monoisotopic (exact) mass is 201 g/mol. The van der Waals surface area contributed by atoms with Crippen LogP contribution in [0.2, 0.25) is 0 Å². The molecule has 0 rings (SSSR count). The summed E-state index contributed by atoms with van der Waals surface area (Å²) in [7, 11) is 0. The van der Waals surface area contributed by atoms with Crippen LogP contribution in [0.3, 0.4) is 0 Å². The molecule has 0 saturated carbocycles. The van der Waals surface area contributed by atoms with Crippen molar-refractivity contribution in [2.24, 2.45) is 17.8 Å². The standard InChI is InChI=1S/C11H23NO2/c1-6-12-11(13)14-7-10(8(2)3)9(4)5/h8-10H,6-7H2,1-5H3,(H,12,13). The maximum absolute atomic E-state index is 11.1. The maximum Gasteiger partial charge on any atom is 0.407 e. The summed E-state index contributed by atoms with van der Waals surface area (Å²) in [6.07, 6.45) is -0.307. The Hall–Kier alpha value is -0.730. The van der Waals surface area contributed by atoms with Crippen molar-refractivity contribution >= 4 is 6.09 Å². The van der Waals surface area contributed by atoms with Crippen LogP contribution in [0, 0.1) is 17.8 Å². The van der Waals surface area contributed by atoms with Gasteiger partial charge in [-0.25, -0.2) is 4.79 Å². The van der Waals surface area contributed by atoms with E-state index < -0.39 is 0 Å². The van der Waals surface area contributed by atoms with Gasteiger partial charge in [0.2, 0.25) is 0 Å². The predicted octanol–water partition coefficient (Wildman–Crippen LogP) is 2.66. The fourth-order valence-electron chi connectivity index (χ4n) is 1.52. The van der Waals surface area contributed by atoms with Crippen molar-refractivity contribution in [3.63, 3.8) is 0 Å². The van der Waals surface area contributed by atoms with Gasteiger partial charge < -0.3 is 10.1 Å². The Kier molecular flexibility index (Phi) is 6.34. The van der Waals surface area contributed by atoms with Crippen molar-refractivity contribution in [1.29, 1.82) is 0 Å². The second-order valence-electron chi connectivity index (χ2n) is 4.28. The van der Waals surface area contributed by atoms with Gasteiger partial charge in [0.25, 0.3) is 0 Å². The molecule has 1 N–H and O–H groups in total. The zero-order chi connectivity index (χ0) is 11.1. The van der Waals surface area contributed by atoms with Gasteiger partial charge in [0, 0.05) is 6.54 Å². The lowest BCUT2D eigenvalue weighted by Gasteiger charge is -2.24. The average Bonchev–Trinajstić information content (AvgIpc) is 2.03. The lowest BCUT2D eigenvalue weighted by Crippen LogP contribution is -2.29. The first kappa shape index (κ1) is 13.3. The number of amides is 1. The molecule has 0 heterocycles. The minimum Gasteiger partial charge on any atom is -0.449 e. The Morgan fingerprint density at radius 3 is 2.07 bits per heavy atom. The molecular formula is C11H23NO2. The molecule has 3 nitrogen and oxygen atoms in total. The van der Waals surface area contributed by atoms with Gasteiger partial charge in [-0.3, -0.25) is 0 Å². The molecule has 0 saturated heterocycles. The first-order chi connectivity index (χ1) is 6.49. The summed E-state index contributed by atoms with van der Waals surface area (Å²) in [6, 6.07) is 0. The second kappa shape index (κ2) is 6.68. The maximum atomic E-state index is 11.1. The van der Waals surface area contributed by atoms with Crippen LogP contribution in [0.4, 0.5) is 4.79 Å². The number of carbonyl (C=O) groups excluding carboxylic acids is 1. The highest BCUT2D eigenvalue weighted by molar-refractivity contribution is 5.66. The summed E-state index contributed by atoms with van der Waals surface area (Å²) in [5.41, 5.74) is 0. The van der Waals surface area contributed by atoms with Gasteiger partial charge in [-0.05, 0) is 24.7 Å². The highest BCUT2D eigenvalue weighted by Gasteiger charge is 2.19. The summed E-state index contributed by atoms with van der Waals surface area (Å²) >= 11 is 0. The van der Waals surface area contributed by atoms with E-state index in [1.54, 1.807) is 0 Å². The summed E-state index contributed by atoms with van der Waals surface area (Å²) in [4.78, 5) is 11.1. The van der Waals surface area contributed by atoms with Crippen molar-refractivity contribution in [1.82, 2.24) is 5.32 Å². The number of carbonyl (C=O) groups is 1. The van der Waals surface area contributed by atoms with Crippen molar-refractivity contribution < 1.29 is 9.53 Å². The van der Waals surface area contributed by atoms with Crippen molar-refractivity contribution in [2.75, 3.05) is 13.2 Å². The molecule has 14 heavy (non-hydrogen) atoms. The van der Waals surface area contributed by atoms with Gasteiger partial charge >= 0.3 is 6.09 Å². The van der Waals surface area contributed by atoms with E-state index in [2.05, 4.69) is 33.0 Å². The van der Waals surface area contributed by atoms with E-state index in [-0.39, 0.29) is 6.09 Å². The molecular weight excluding hydrogens is 178 g/mol. The smallest absolute Gasteiger partial charge is 0.407 e. The van der Waals surface area contributed by atoms with Crippen LogP contribution < -0.4 is 5.32 Å². The van der Waals surface area contributed by atoms with E-state index in [0.717, 1.165) is 0 Å². The summed E-state index contributed by atoms with van der Waals surface area (Å²) < 4.78 is 5.12. The summed E-state index contributed by atoms with van der Waals surface area (Å²) in [6.45, 7) is 11.6. The highest BCUT2D eigenvalue weighted by atomic mass is 16.5. The lowest BCUT2D eigenvalue weighted by molar-refractivity contribution is 0.0982. The molecule has 0 spiro atoms. The van der Waals surface area contributed by atoms with Crippen molar-refractivity contribution in [2.45, 2.75) is 34.6 Å². The number of hydrogen-bond donors (Lipinski definition) is 1. The molecule has 1 amide bonds. The average molecular weight is 201 g/mol. The van der Waals surface area contributed by atoms with Gasteiger partial charge in [0.05, 0.1) is 6.61 Å². The molecule has 3 heteroatoms. The predicted molar refractivity (Wildman–Crippen MR) is 58.2 cm³/mol. The lowest BCUT2D eigenvalue weighted by atomic mass is 9.86. The Morgan fingerprint density at radius 1 is 1.21 bits per heavy atom. The molecule has 84 valence electrons. The number of nitrogens with one attached hydrogen (secondary N) is 1. The molecule has 0 aliphatic rings. The quantitative estimate of drug-likeness (QED) is 0.742. The first-order valence-corrected chi connectivity index (χ1v) is 5.39. The molecule has 0 radical (unpaired) electrons. The highest BCUT2D eigenvalue weighted by Crippen LogP contribution is 2.20. The van der Waals surface area contributed by atoms with Crippen LogP contribution in [0.1, 0.15) is 34.6 Å². The first-order valence-electron chi connectivity index (χ1n) is 5.39. The van der Waals surface area contributed by atoms with Crippen LogP contribution in [0.25, 0.3) is 0 Å². The van der Waals surface area contributed by atoms with Gasteiger partial charge in [0.15, 0.2) is 0 Å². The fraction of sp³-hybridized carbons (Fsp3) is 0.909. The number of alkyl carbamates (subject to hydrolysis) is 1. The third kappa shape index (κ3) is 5.10. The van der Waals surface area contributed by atoms with Crippen LogP contribution in [-0.2, 0) is 4.74 Å². The molecule has 0 fully saturated rings. The second-order valence-corrected chi connectivity index (χ2v) is 4.28. The SMILES string of the molecule is CCNC(=O)OCC(C(C)C)C(C)C. The minimum absolute atomic E-state index is 0.307. The molecule has 0 atom stereocenters. The number of rotatable bonds is 5. The van der Waals surface area contributed by atoms with Crippen LogP contribution in [0.15, 0.2) is 0 Å². The molecule has 0 unspecified atom stereocenters. The molecule has 0 aromatic rings. The van der Waals surface area contributed by atoms with Gasteiger partial charge in [-0.1, -0.05) is 27.7 Å². The van der Waals surface area contributed by atoms with Gasteiger partial charge in [-0.15, -0.1) is 0 Å². The van der Waals surface area contributed by atoms with Crippen LogP contribution >= 0.6 is 0 Å². The van der Waals surface area contributed by atoms with Crippen molar-refractivity contribution in [3.05, 3.63) is 0 Å². The van der Waals surface area contributed by atoms with Crippen molar-refractivity contribution in [3.8, 4) is 0 Å². The summed E-state index contributed by atoms with van der Waals surface area (Å²) in [5, 5.41) is 2.62. The largest absolute Gasteiger partial charge is 0.449 e. The minimum atomic E-state index is -0.307. The summed E-state index contributed by atoms with van der Waals surface area (Å²) in [5.74, 6) is 1.53. The van der Waals surface area contributed by atoms with E-state index in [9.17, 15) is 4.79 Å². The number of hydrogen-bond acceptors (Lipinski definition) is 2. The van der Waals surface area contributed by atoms with Gasteiger partial charge in [0.1, 0.15) is 0 Å². The van der Waals surface area contributed by atoms with E-state index in [0.29, 0.717) is 30.9 Å².